The third-order valence-electron chi connectivity index (χ3n) is 3.11. The molecular formula is C12H17ClN2O3S. The van der Waals surface area contributed by atoms with Crippen molar-refractivity contribution in [1.29, 1.82) is 0 Å². The fourth-order valence-corrected chi connectivity index (χ4v) is 3.46. The SMILES string of the molecule is CCC1CN(S(=O)(=O)c2ccc(CCl)cn2)CCO1. The van der Waals surface area contributed by atoms with Gasteiger partial charge in [0, 0.05) is 25.2 Å². The highest BCUT2D eigenvalue weighted by molar-refractivity contribution is 7.89. The summed E-state index contributed by atoms with van der Waals surface area (Å²) in [5.41, 5.74) is 0.800. The molecule has 1 unspecified atom stereocenters. The highest BCUT2D eigenvalue weighted by atomic mass is 35.5. The molecule has 7 heteroatoms. The second kappa shape index (κ2) is 6.17. The fraction of sp³-hybridized carbons (Fsp3) is 0.583. The van der Waals surface area contributed by atoms with Crippen LogP contribution in [-0.4, -0.2) is 43.5 Å². The second-order valence-corrected chi connectivity index (χ2v) is 6.55. The monoisotopic (exact) mass is 304 g/mol. The smallest absolute Gasteiger partial charge is 0.260 e. The maximum Gasteiger partial charge on any atom is 0.260 e. The predicted molar refractivity (Wildman–Crippen MR) is 72.6 cm³/mol. The van der Waals surface area contributed by atoms with E-state index in [2.05, 4.69) is 4.98 Å². The first kappa shape index (κ1) is 14.7. The molecule has 106 valence electrons. The molecule has 0 N–H and O–H groups in total. The molecule has 1 aromatic heterocycles. The number of halogens is 1. The quantitative estimate of drug-likeness (QED) is 0.793. The number of pyridine rings is 1. The Morgan fingerprint density at radius 3 is 2.89 bits per heavy atom. The van der Waals surface area contributed by atoms with E-state index in [1.807, 2.05) is 6.92 Å². The Balaban J connectivity index is 2.20. The van der Waals surface area contributed by atoms with Crippen molar-refractivity contribution in [2.45, 2.75) is 30.4 Å². The van der Waals surface area contributed by atoms with Crippen molar-refractivity contribution >= 4 is 21.6 Å². The number of alkyl halides is 1. The number of nitrogens with zero attached hydrogens (tertiary/aromatic N) is 2. The molecule has 19 heavy (non-hydrogen) atoms. The van der Waals surface area contributed by atoms with E-state index in [4.69, 9.17) is 16.3 Å². The summed E-state index contributed by atoms with van der Waals surface area (Å²) in [5, 5.41) is 0.0677. The maximum absolute atomic E-state index is 12.4. The molecular weight excluding hydrogens is 288 g/mol. The van der Waals surface area contributed by atoms with Gasteiger partial charge in [-0.2, -0.15) is 4.31 Å². The van der Waals surface area contributed by atoms with Crippen LogP contribution in [0.15, 0.2) is 23.4 Å². The minimum atomic E-state index is -3.53. The topological polar surface area (TPSA) is 59.5 Å². The zero-order valence-electron chi connectivity index (χ0n) is 10.8. The van der Waals surface area contributed by atoms with E-state index in [9.17, 15) is 8.42 Å². The van der Waals surface area contributed by atoms with Crippen LogP contribution < -0.4 is 0 Å². The highest BCUT2D eigenvalue weighted by Crippen LogP contribution is 2.18. The molecule has 1 atom stereocenters. The van der Waals surface area contributed by atoms with Gasteiger partial charge in [-0.1, -0.05) is 13.0 Å². The van der Waals surface area contributed by atoms with Crippen molar-refractivity contribution in [3.05, 3.63) is 23.9 Å². The zero-order chi connectivity index (χ0) is 13.9. The lowest BCUT2D eigenvalue weighted by Crippen LogP contribution is -2.45. The maximum atomic E-state index is 12.4. The number of sulfonamides is 1. The first-order valence-corrected chi connectivity index (χ1v) is 8.18. The van der Waals surface area contributed by atoms with Crippen LogP contribution in [0, 0.1) is 0 Å². The van der Waals surface area contributed by atoms with E-state index in [-0.39, 0.29) is 11.1 Å². The van der Waals surface area contributed by atoms with Crippen molar-refractivity contribution in [1.82, 2.24) is 9.29 Å². The van der Waals surface area contributed by atoms with Gasteiger partial charge in [0.25, 0.3) is 10.0 Å². The van der Waals surface area contributed by atoms with E-state index in [1.165, 1.54) is 16.6 Å². The summed E-state index contributed by atoms with van der Waals surface area (Å²) in [7, 11) is -3.53. The van der Waals surface area contributed by atoms with Crippen LogP contribution in [0.5, 0.6) is 0 Å². The standard InChI is InChI=1S/C12H17ClN2O3S/c1-2-11-9-15(5-6-18-11)19(16,17)12-4-3-10(7-13)8-14-12/h3-4,8,11H,2,5-7,9H2,1H3. The molecule has 1 aromatic rings. The molecule has 1 fully saturated rings. The van der Waals surface area contributed by atoms with Crippen LogP contribution in [-0.2, 0) is 20.6 Å². The number of aromatic nitrogens is 1. The summed E-state index contributed by atoms with van der Waals surface area (Å²) in [6.45, 7) is 3.17. The van der Waals surface area contributed by atoms with Gasteiger partial charge >= 0.3 is 0 Å². The molecule has 2 rings (SSSR count). The lowest BCUT2D eigenvalue weighted by molar-refractivity contribution is -0.00284. The van der Waals surface area contributed by atoms with E-state index in [1.54, 1.807) is 6.07 Å². The number of hydrogen-bond acceptors (Lipinski definition) is 4. The predicted octanol–water partition coefficient (Wildman–Crippen LogP) is 1.62. The van der Waals surface area contributed by atoms with Gasteiger partial charge < -0.3 is 4.74 Å². The average molecular weight is 305 g/mol. The Labute approximate surface area is 118 Å². The summed E-state index contributed by atoms with van der Waals surface area (Å²) in [6, 6.07) is 3.19. The van der Waals surface area contributed by atoms with Gasteiger partial charge in [0.2, 0.25) is 0 Å². The largest absolute Gasteiger partial charge is 0.375 e. The van der Waals surface area contributed by atoms with Crippen LogP contribution in [0.25, 0.3) is 0 Å². The van der Waals surface area contributed by atoms with Crippen LogP contribution >= 0.6 is 11.6 Å². The van der Waals surface area contributed by atoms with Crippen molar-refractivity contribution in [3.8, 4) is 0 Å². The number of hydrogen-bond donors (Lipinski definition) is 0. The van der Waals surface area contributed by atoms with E-state index in [0.717, 1.165) is 12.0 Å². The molecule has 1 aliphatic rings. The van der Waals surface area contributed by atoms with Crippen molar-refractivity contribution in [3.63, 3.8) is 0 Å². The van der Waals surface area contributed by atoms with Gasteiger partial charge in [-0.3, -0.25) is 0 Å². The van der Waals surface area contributed by atoms with E-state index >= 15 is 0 Å². The van der Waals surface area contributed by atoms with Gasteiger partial charge in [0.05, 0.1) is 12.7 Å². The molecule has 0 aliphatic carbocycles. The molecule has 2 heterocycles. The van der Waals surface area contributed by atoms with E-state index < -0.39 is 10.0 Å². The Bertz CT molecular complexity index is 518. The summed E-state index contributed by atoms with van der Waals surface area (Å²) in [4.78, 5) is 3.99. The fourth-order valence-electron chi connectivity index (χ4n) is 1.93. The summed E-state index contributed by atoms with van der Waals surface area (Å²) in [5.74, 6) is 0.322. The van der Waals surface area contributed by atoms with Gasteiger partial charge in [-0.15, -0.1) is 11.6 Å². The van der Waals surface area contributed by atoms with Gasteiger partial charge in [-0.05, 0) is 18.1 Å². The molecule has 0 amide bonds. The van der Waals surface area contributed by atoms with Crippen LogP contribution in [0.4, 0.5) is 0 Å². The average Bonchev–Trinajstić information content (AvgIpc) is 2.47. The lowest BCUT2D eigenvalue weighted by atomic mass is 10.2. The lowest BCUT2D eigenvalue weighted by Gasteiger charge is -2.31. The van der Waals surface area contributed by atoms with Crippen molar-refractivity contribution < 1.29 is 13.2 Å². The summed E-state index contributed by atoms with van der Waals surface area (Å²) < 4.78 is 31.8. The van der Waals surface area contributed by atoms with Crippen molar-refractivity contribution in [2.24, 2.45) is 0 Å². The Kier molecular flexibility index (Phi) is 4.78. The molecule has 0 saturated carbocycles. The van der Waals surface area contributed by atoms with Crippen LogP contribution in [0.3, 0.4) is 0 Å². The second-order valence-electron chi connectivity index (χ2n) is 4.40. The third-order valence-corrected chi connectivity index (χ3v) is 5.20. The van der Waals surface area contributed by atoms with Gasteiger partial charge in [0.15, 0.2) is 5.03 Å². The Morgan fingerprint density at radius 2 is 2.32 bits per heavy atom. The summed E-state index contributed by atoms with van der Waals surface area (Å²) in [6.07, 6.45) is 2.26. The van der Waals surface area contributed by atoms with Crippen LogP contribution in [0.1, 0.15) is 18.9 Å². The molecule has 0 bridgehead atoms. The van der Waals surface area contributed by atoms with E-state index in [0.29, 0.717) is 25.6 Å². The first-order chi connectivity index (χ1) is 9.07. The number of morpholine rings is 1. The summed E-state index contributed by atoms with van der Waals surface area (Å²) >= 11 is 5.66. The zero-order valence-corrected chi connectivity index (χ0v) is 12.3. The molecule has 0 aromatic carbocycles. The van der Waals surface area contributed by atoms with Crippen LogP contribution in [0.2, 0.25) is 0 Å². The highest BCUT2D eigenvalue weighted by Gasteiger charge is 2.30. The molecule has 0 spiro atoms. The minimum Gasteiger partial charge on any atom is -0.375 e. The number of rotatable bonds is 4. The Hall–Kier alpha value is -0.690. The first-order valence-electron chi connectivity index (χ1n) is 6.20. The molecule has 1 saturated heterocycles. The normalized spacial score (nSPS) is 21.5. The Morgan fingerprint density at radius 1 is 1.53 bits per heavy atom. The van der Waals surface area contributed by atoms with Crippen molar-refractivity contribution in [2.75, 3.05) is 19.7 Å². The number of ether oxygens (including phenoxy) is 1. The molecule has 1 aliphatic heterocycles. The minimum absolute atomic E-state index is 0.0364. The molecule has 0 radical (unpaired) electrons. The van der Waals surface area contributed by atoms with Gasteiger partial charge in [0.1, 0.15) is 0 Å². The third kappa shape index (κ3) is 3.25. The van der Waals surface area contributed by atoms with Gasteiger partial charge in [-0.25, -0.2) is 13.4 Å². The molecule has 5 nitrogen and oxygen atoms in total.